The van der Waals surface area contributed by atoms with Gasteiger partial charge in [0.1, 0.15) is 11.2 Å². The highest BCUT2D eigenvalue weighted by molar-refractivity contribution is 6.16. The van der Waals surface area contributed by atoms with E-state index in [1.807, 2.05) is 42.5 Å². The summed E-state index contributed by atoms with van der Waals surface area (Å²) in [6.45, 7) is 1.49. The second-order valence-electron chi connectivity index (χ2n) is 6.78. The van der Waals surface area contributed by atoms with Crippen molar-refractivity contribution < 1.29 is 19.1 Å². The molecule has 3 rings (SSSR count). The molecular formula is C21H22O4. The topological polar surface area (TPSA) is 60.4 Å². The van der Waals surface area contributed by atoms with E-state index >= 15 is 0 Å². The van der Waals surface area contributed by atoms with Crippen molar-refractivity contribution in [3.63, 3.8) is 0 Å². The average molecular weight is 338 g/mol. The molecule has 4 nitrogen and oxygen atoms in total. The van der Waals surface area contributed by atoms with Gasteiger partial charge in [0.25, 0.3) is 0 Å². The zero-order chi connectivity index (χ0) is 18.0. The second-order valence-corrected chi connectivity index (χ2v) is 6.78. The number of allylic oxidation sites excluding steroid dienone is 4. The van der Waals surface area contributed by atoms with Gasteiger partial charge in [0.2, 0.25) is 0 Å². The summed E-state index contributed by atoms with van der Waals surface area (Å²) in [5.41, 5.74) is 1.10. The molecule has 1 aromatic carbocycles. The van der Waals surface area contributed by atoms with E-state index in [0.29, 0.717) is 12.8 Å². The van der Waals surface area contributed by atoms with Crippen molar-refractivity contribution in [3.8, 4) is 0 Å². The Morgan fingerprint density at radius 2 is 1.96 bits per heavy atom. The summed E-state index contributed by atoms with van der Waals surface area (Å²) >= 11 is 0. The van der Waals surface area contributed by atoms with Crippen molar-refractivity contribution in [2.75, 3.05) is 7.11 Å². The van der Waals surface area contributed by atoms with Crippen molar-refractivity contribution >= 4 is 17.5 Å². The maximum absolute atomic E-state index is 13.4. The molecule has 0 fully saturated rings. The molecule has 0 saturated heterocycles. The number of Topliss-reactive ketones (excluding diaryl/α,β-unsaturated/α-hetero) is 2. The van der Waals surface area contributed by atoms with Crippen LogP contribution in [0.25, 0.3) is 0 Å². The molecule has 0 aliphatic heterocycles. The quantitative estimate of drug-likeness (QED) is 0.609. The molecule has 0 radical (unpaired) electrons. The lowest BCUT2D eigenvalue weighted by atomic mass is 9.66. The molecule has 2 aliphatic rings. The van der Waals surface area contributed by atoms with E-state index in [4.69, 9.17) is 4.74 Å². The largest absolute Gasteiger partial charge is 0.468 e. The Hall–Kier alpha value is -2.49. The number of carbonyl (C=O) groups is 3. The summed E-state index contributed by atoms with van der Waals surface area (Å²) < 4.78 is 5.08. The maximum atomic E-state index is 13.4. The Labute approximate surface area is 147 Å². The fourth-order valence-corrected chi connectivity index (χ4v) is 4.11. The molecule has 0 spiro atoms. The van der Waals surface area contributed by atoms with Gasteiger partial charge in [-0.15, -0.1) is 0 Å². The number of ketones is 2. The molecule has 2 atom stereocenters. The zero-order valence-corrected chi connectivity index (χ0v) is 14.6. The molecule has 130 valence electrons. The van der Waals surface area contributed by atoms with Gasteiger partial charge >= 0.3 is 5.97 Å². The minimum Gasteiger partial charge on any atom is -0.468 e. The summed E-state index contributed by atoms with van der Waals surface area (Å²) in [7, 11) is 1.31. The highest BCUT2D eigenvalue weighted by Crippen LogP contribution is 2.53. The number of methoxy groups -OCH3 is 1. The first kappa shape index (κ1) is 17.3. The van der Waals surface area contributed by atoms with Crippen molar-refractivity contribution in [2.24, 2.45) is 5.41 Å². The van der Waals surface area contributed by atoms with Gasteiger partial charge in [0.15, 0.2) is 5.78 Å². The molecule has 0 amide bonds. The monoisotopic (exact) mass is 338 g/mol. The van der Waals surface area contributed by atoms with Crippen LogP contribution in [0.15, 0.2) is 53.6 Å². The van der Waals surface area contributed by atoms with Crippen molar-refractivity contribution in [1.29, 1.82) is 0 Å². The number of ether oxygens (including phenoxy) is 1. The van der Waals surface area contributed by atoms with Crippen LogP contribution in [0.3, 0.4) is 0 Å². The smallest absolute Gasteiger partial charge is 0.320 e. The van der Waals surface area contributed by atoms with Crippen LogP contribution < -0.4 is 0 Å². The van der Waals surface area contributed by atoms with Crippen LogP contribution in [-0.4, -0.2) is 24.6 Å². The number of benzene rings is 1. The van der Waals surface area contributed by atoms with Crippen molar-refractivity contribution in [2.45, 2.75) is 38.5 Å². The summed E-state index contributed by atoms with van der Waals surface area (Å²) in [5.74, 6) is -1.29. The van der Waals surface area contributed by atoms with Crippen LogP contribution >= 0.6 is 0 Å². The fraction of sp³-hybridized carbons (Fsp3) is 0.381. The van der Waals surface area contributed by atoms with Crippen LogP contribution in [0, 0.1) is 5.41 Å². The predicted octanol–water partition coefficient (Wildman–Crippen LogP) is 3.53. The van der Waals surface area contributed by atoms with Gasteiger partial charge in [-0.3, -0.25) is 9.59 Å². The highest BCUT2D eigenvalue weighted by Gasteiger charge is 2.58. The first-order valence-corrected chi connectivity index (χ1v) is 8.57. The first-order chi connectivity index (χ1) is 12.0. The Morgan fingerprint density at radius 3 is 2.56 bits per heavy atom. The Bertz CT molecular complexity index is 772. The summed E-state index contributed by atoms with van der Waals surface area (Å²) in [4.78, 5) is 38.2. The molecule has 0 aromatic heterocycles. The normalized spacial score (nSPS) is 23.4. The Kier molecular flexibility index (Phi) is 4.71. The van der Waals surface area contributed by atoms with Crippen LogP contribution in [0.5, 0.6) is 0 Å². The van der Waals surface area contributed by atoms with E-state index in [0.717, 1.165) is 23.1 Å². The predicted molar refractivity (Wildman–Crippen MR) is 94.0 cm³/mol. The number of carbonyl (C=O) groups excluding carboxylic acids is 3. The molecule has 2 unspecified atom stereocenters. The van der Waals surface area contributed by atoms with Crippen molar-refractivity contribution in [1.82, 2.24) is 0 Å². The van der Waals surface area contributed by atoms with Crippen LogP contribution in [0.1, 0.15) is 44.1 Å². The van der Waals surface area contributed by atoms with Gasteiger partial charge in [-0.2, -0.15) is 0 Å². The van der Waals surface area contributed by atoms with Crippen LogP contribution in [0.4, 0.5) is 0 Å². The Balaban J connectivity index is 2.14. The van der Waals surface area contributed by atoms with Gasteiger partial charge in [-0.05, 0) is 42.9 Å². The molecule has 0 N–H and O–H groups in total. The van der Waals surface area contributed by atoms with E-state index < -0.39 is 17.3 Å². The molecule has 1 aromatic rings. The van der Waals surface area contributed by atoms with E-state index in [1.165, 1.54) is 14.0 Å². The maximum Gasteiger partial charge on any atom is 0.320 e. The number of esters is 1. The minimum atomic E-state index is -1.35. The van der Waals surface area contributed by atoms with E-state index in [9.17, 15) is 14.4 Å². The van der Waals surface area contributed by atoms with Gasteiger partial charge in [-0.25, -0.2) is 0 Å². The molecule has 0 saturated carbocycles. The molecule has 4 heteroatoms. The summed E-state index contributed by atoms with van der Waals surface area (Å²) in [6.07, 6.45) is 5.85. The minimum absolute atomic E-state index is 0.0506. The third kappa shape index (κ3) is 2.86. The standard InChI is InChI=1S/C21H22O4/c1-14(22)12-18(15-8-4-3-5-9-15)21(20(24)25-2)13-16-10-6-7-11-17(16)19(21)23/h3-6,8-10,18H,7,11-13H2,1-2H3. The summed E-state index contributed by atoms with van der Waals surface area (Å²) in [5, 5.41) is 0. The SMILES string of the molecule is COC(=O)C1(C(CC(C)=O)c2ccccc2)CC2=C(CCC=C2)C1=O. The second kappa shape index (κ2) is 6.79. The van der Waals surface area contributed by atoms with Crippen molar-refractivity contribution in [3.05, 3.63) is 59.2 Å². The fourth-order valence-electron chi connectivity index (χ4n) is 4.11. The van der Waals surface area contributed by atoms with Gasteiger partial charge in [0.05, 0.1) is 7.11 Å². The summed E-state index contributed by atoms with van der Waals surface area (Å²) in [6, 6.07) is 9.35. The zero-order valence-electron chi connectivity index (χ0n) is 14.6. The lowest BCUT2D eigenvalue weighted by Gasteiger charge is -2.34. The van der Waals surface area contributed by atoms with Gasteiger partial charge < -0.3 is 9.53 Å². The Morgan fingerprint density at radius 1 is 1.24 bits per heavy atom. The number of hydrogen-bond donors (Lipinski definition) is 0. The highest BCUT2D eigenvalue weighted by atomic mass is 16.5. The third-order valence-corrected chi connectivity index (χ3v) is 5.25. The lowest BCUT2D eigenvalue weighted by molar-refractivity contribution is -0.158. The molecule has 2 aliphatic carbocycles. The number of hydrogen-bond acceptors (Lipinski definition) is 4. The average Bonchev–Trinajstić information content (AvgIpc) is 2.93. The molecule has 0 heterocycles. The van der Waals surface area contributed by atoms with E-state index in [-0.39, 0.29) is 18.0 Å². The first-order valence-electron chi connectivity index (χ1n) is 8.57. The van der Waals surface area contributed by atoms with E-state index in [2.05, 4.69) is 0 Å². The van der Waals surface area contributed by atoms with E-state index in [1.54, 1.807) is 0 Å². The van der Waals surface area contributed by atoms with Gasteiger partial charge in [0, 0.05) is 12.3 Å². The molecular weight excluding hydrogens is 316 g/mol. The van der Waals surface area contributed by atoms with Crippen LogP contribution in [0.2, 0.25) is 0 Å². The van der Waals surface area contributed by atoms with Gasteiger partial charge in [-0.1, -0.05) is 42.5 Å². The molecule has 25 heavy (non-hydrogen) atoms. The van der Waals surface area contributed by atoms with Crippen LogP contribution in [-0.2, 0) is 19.1 Å². The third-order valence-electron chi connectivity index (χ3n) is 5.25. The molecule has 0 bridgehead atoms. The number of rotatable bonds is 5. The lowest BCUT2D eigenvalue weighted by Crippen LogP contribution is -2.44.